The minimum absolute atomic E-state index is 0.225. The molecular weight excluding hydrogens is 122 g/mol. The molecule has 1 heterocycles. The Balaban J connectivity index is 3.19. The lowest BCUT2D eigenvalue weighted by Crippen LogP contribution is -1.82. The van der Waals surface area contributed by atoms with Crippen LogP contribution in [0.3, 0.4) is 0 Å². The van der Waals surface area contributed by atoms with Gasteiger partial charge in [0, 0.05) is 0 Å². The topological polar surface area (TPSA) is 46.2 Å². The summed E-state index contributed by atoms with van der Waals surface area (Å²) in [6.45, 7) is 1.87. The summed E-state index contributed by atoms with van der Waals surface area (Å²) >= 11 is 1.26. The molecule has 0 saturated heterocycles. The Hall–Kier alpha value is -0.700. The number of anilines is 1. The second-order valence-corrected chi connectivity index (χ2v) is 2.50. The summed E-state index contributed by atoms with van der Waals surface area (Å²) in [7, 11) is 0. The van der Waals surface area contributed by atoms with Gasteiger partial charge in [0.05, 0.1) is 5.69 Å². The maximum Gasteiger partial charge on any atom is 0.195 e. The van der Waals surface area contributed by atoms with Crippen molar-refractivity contribution < 1.29 is 5.11 Å². The van der Waals surface area contributed by atoms with Crippen molar-refractivity contribution in [1.29, 1.82) is 0 Å². The van der Waals surface area contributed by atoms with E-state index in [1.165, 1.54) is 11.3 Å². The number of hydrogen-bond donors (Lipinski definition) is 2. The quantitative estimate of drug-likeness (QED) is 0.555. The second-order valence-electron chi connectivity index (χ2n) is 1.64. The minimum atomic E-state index is 0.225. The third-order valence-electron chi connectivity index (χ3n) is 1.00. The number of nitrogen functional groups attached to an aromatic ring is 1. The third-order valence-corrected chi connectivity index (χ3v) is 1.92. The lowest BCUT2D eigenvalue weighted by atomic mass is 10.3. The maximum absolute atomic E-state index is 8.83. The van der Waals surface area contributed by atoms with E-state index < -0.39 is 0 Å². The van der Waals surface area contributed by atoms with Crippen LogP contribution >= 0.6 is 11.3 Å². The summed E-state index contributed by atoms with van der Waals surface area (Å²) in [5, 5.41) is 10.9. The Labute approximate surface area is 51.6 Å². The Morgan fingerprint density at radius 3 is 2.50 bits per heavy atom. The average Bonchev–Trinajstić information content (AvgIpc) is 1.98. The number of hydrogen-bond acceptors (Lipinski definition) is 3. The molecule has 0 bridgehead atoms. The SMILES string of the molecule is Cc1csc(O)c1N. The molecule has 0 saturated carbocycles. The second kappa shape index (κ2) is 1.67. The Kier molecular flexibility index (Phi) is 1.13. The molecule has 0 fully saturated rings. The van der Waals surface area contributed by atoms with Crippen LogP contribution in [0.5, 0.6) is 5.06 Å². The van der Waals surface area contributed by atoms with Crippen LogP contribution in [0.4, 0.5) is 5.69 Å². The molecule has 1 aromatic rings. The molecule has 8 heavy (non-hydrogen) atoms. The molecule has 3 heteroatoms. The first-order chi connectivity index (χ1) is 3.72. The van der Waals surface area contributed by atoms with Gasteiger partial charge in [-0.05, 0) is 17.9 Å². The van der Waals surface area contributed by atoms with E-state index in [2.05, 4.69) is 0 Å². The zero-order valence-electron chi connectivity index (χ0n) is 4.51. The molecule has 0 aliphatic heterocycles. The van der Waals surface area contributed by atoms with E-state index in [4.69, 9.17) is 10.8 Å². The van der Waals surface area contributed by atoms with Gasteiger partial charge in [-0.1, -0.05) is 0 Å². The van der Waals surface area contributed by atoms with Gasteiger partial charge in [-0.15, -0.1) is 11.3 Å². The van der Waals surface area contributed by atoms with Crippen LogP contribution in [-0.2, 0) is 0 Å². The van der Waals surface area contributed by atoms with Gasteiger partial charge in [-0.3, -0.25) is 0 Å². The molecule has 1 aromatic heterocycles. The predicted octanol–water partition coefficient (Wildman–Crippen LogP) is 1.34. The molecule has 0 amide bonds. The van der Waals surface area contributed by atoms with Gasteiger partial charge in [0.15, 0.2) is 5.06 Å². The van der Waals surface area contributed by atoms with Crippen molar-refractivity contribution in [1.82, 2.24) is 0 Å². The van der Waals surface area contributed by atoms with E-state index in [1.807, 2.05) is 12.3 Å². The van der Waals surface area contributed by atoms with Gasteiger partial charge in [-0.25, -0.2) is 0 Å². The van der Waals surface area contributed by atoms with Crippen molar-refractivity contribution in [3.05, 3.63) is 10.9 Å². The van der Waals surface area contributed by atoms with Crippen LogP contribution in [0.15, 0.2) is 5.38 Å². The number of thiophene rings is 1. The van der Waals surface area contributed by atoms with Gasteiger partial charge in [0.1, 0.15) is 0 Å². The van der Waals surface area contributed by atoms with Crippen molar-refractivity contribution in [2.24, 2.45) is 0 Å². The molecule has 0 aromatic carbocycles. The summed E-state index contributed by atoms with van der Waals surface area (Å²) in [5.74, 6) is 0. The summed E-state index contributed by atoms with van der Waals surface area (Å²) < 4.78 is 0. The fraction of sp³-hybridized carbons (Fsp3) is 0.200. The molecule has 0 atom stereocenters. The molecule has 0 unspecified atom stereocenters. The molecular formula is C5H7NOS. The van der Waals surface area contributed by atoms with E-state index in [0.717, 1.165) is 5.56 Å². The van der Waals surface area contributed by atoms with E-state index in [9.17, 15) is 0 Å². The fourth-order valence-corrected chi connectivity index (χ4v) is 1.14. The Morgan fingerprint density at radius 1 is 1.75 bits per heavy atom. The summed E-state index contributed by atoms with van der Waals surface area (Å²) in [5.41, 5.74) is 6.82. The number of nitrogens with two attached hydrogens (primary N) is 1. The van der Waals surface area contributed by atoms with Crippen LogP contribution < -0.4 is 5.73 Å². The fourth-order valence-electron chi connectivity index (χ4n) is 0.440. The lowest BCUT2D eigenvalue weighted by Gasteiger charge is -1.86. The standard InChI is InChI=1S/C5H7NOS/c1-3-2-8-5(7)4(3)6/h2,7H,6H2,1H3. The van der Waals surface area contributed by atoms with Crippen LogP contribution in [0.25, 0.3) is 0 Å². The van der Waals surface area contributed by atoms with Crippen molar-refractivity contribution in [3.8, 4) is 5.06 Å². The third kappa shape index (κ3) is 0.648. The van der Waals surface area contributed by atoms with E-state index in [1.54, 1.807) is 0 Å². The zero-order chi connectivity index (χ0) is 6.15. The highest BCUT2D eigenvalue weighted by Crippen LogP contribution is 2.30. The van der Waals surface area contributed by atoms with Crippen molar-refractivity contribution in [2.45, 2.75) is 6.92 Å². The average molecular weight is 129 g/mol. The summed E-state index contributed by atoms with van der Waals surface area (Å²) in [4.78, 5) is 0. The van der Waals surface area contributed by atoms with Crippen LogP contribution in [0, 0.1) is 6.92 Å². The largest absolute Gasteiger partial charge is 0.498 e. The first-order valence-electron chi connectivity index (χ1n) is 2.24. The van der Waals surface area contributed by atoms with Crippen molar-refractivity contribution in [3.63, 3.8) is 0 Å². The van der Waals surface area contributed by atoms with Gasteiger partial charge >= 0.3 is 0 Å². The summed E-state index contributed by atoms with van der Waals surface area (Å²) in [6, 6.07) is 0. The molecule has 0 aliphatic rings. The molecule has 44 valence electrons. The van der Waals surface area contributed by atoms with Crippen LogP contribution in [0.1, 0.15) is 5.56 Å². The highest BCUT2D eigenvalue weighted by molar-refractivity contribution is 7.12. The highest BCUT2D eigenvalue weighted by atomic mass is 32.1. The minimum Gasteiger partial charge on any atom is -0.498 e. The predicted molar refractivity (Wildman–Crippen MR) is 35.1 cm³/mol. The zero-order valence-corrected chi connectivity index (χ0v) is 5.33. The van der Waals surface area contributed by atoms with Crippen molar-refractivity contribution >= 4 is 17.0 Å². The van der Waals surface area contributed by atoms with Crippen LogP contribution in [0.2, 0.25) is 0 Å². The monoisotopic (exact) mass is 129 g/mol. The van der Waals surface area contributed by atoms with Gasteiger partial charge in [0.2, 0.25) is 0 Å². The van der Waals surface area contributed by atoms with E-state index in [0.29, 0.717) is 5.69 Å². The normalized spacial score (nSPS) is 9.62. The number of aromatic hydroxyl groups is 1. The lowest BCUT2D eigenvalue weighted by molar-refractivity contribution is 0.493. The molecule has 0 aliphatic carbocycles. The Morgan fingerprint density at radius 2 is 2.38 bits per heavy atom. The maximum atomic E-state index is 8.83. The molecule has 0 spiro atoms. The molecule has 3 N–H and O–H groups in total. The smallest absolute Gasteiger partial charge is 0.195 e. The van der Waals surface area contributed by atoms with Gasteiger partial charge < -0.3 is 10.8 Å². The van der Waals surface area contributed by atoms with E-state index >= 15 is 0 Å². The molecule has 1 rings (SSSR count). The molecule has 2 nitrogen and oxygen atoms in total. The first kappa shape index (κ1) is 5.44. The number of rotatable bonds is 0. The van der Waals surface area contributed by atoms with E-state index in [-0.39, 0.29) is 5.06 Å². The summed E-state index contributed by atoms with van der Waals surface area (Å²) in [6.07, 6.45) is 0. The van der Waals surface area contributed by atoms with Gasteiger partial charge in [-0.2, -0.15) is 0 Å². The first-order valence-corrected chi connectivity index (χ1v) is 3.12. The number of aryl methyl sites for hydroxylation is 1. The van der Waals surface area contributed by atoms with Crippen LogP contribution in [-0.4, -0.2) is 5.11 Å². The molecule has 0 radical (unpaired) electrons. The van der Waals surface area contributed by atoms with Crippen molar-refractivity contribution in [2.75, 3.05) is 5.73 Å². The van der Waals surface area contributed by atoms with Gasteiger partial charge in [0.25, 0.3) is 0 Å². The Bertz CT molecular complexity index is 175. The highest BCUT2D eigenvalue weighted by Gasteiger charge is 1.99.